The highest BCUT2D eigenvalue weighted by Gasteiger charge is 2.25. The molecule has 0 aliphatic rings. The van der Waals surface area contributed by atoms with Gasteiger partial charge in [0.05, 0.1) is 22.8 Å². The summed E-state index contributed by atoms with van der Waals surface area (Å²) in [7, 11) is -4.45. The predicted molar refractivity (Wildman–Crippen MR) is 143 cm³/mol. The van der Waals surface area contributed by atoms with Crippen molar-refractivity contribution in [2.24, 2.45) is 10.2 Å². The van der Waals surface area contributed by atoms with Crippen molar-refractivity contribution in [1.82, 2.24) is 20.4 Å². The zero-order valence-corrected chi connectivity index (χ0v) is 21.6. The van der Waals surface area contributed by atoms with E-state index < -0.39 is 27.8 Å². The molecule has 0 fully saturated rings. The Balaban J connectivity index is 1.51. The van der Waals surface area contributed by atoms with Crippen LogP contribution in [0.5, 0.6) is 11.6 Å². The van der Waals surface area contributed by atoms with Crippen LogP contribution in [0, 0.1) is 0 Å². The van der Waals surface area contributed by atoms with Gasteiger partial charge in [-0.25, -0.2) is 0 Å². The first-order valence-corrected chi connectivity index (χ1v) is 13.3. The molecule has 1 aromatic heterocycles. The third kappa shape index (κ3) is 7.06. The van der Waals surface area contributed by atoms with Crippen molar-refractivity contribution >= 4 is 33.3 Å². The molecule has 5 N–H and O–H groups in total. The molecule has 0 saturated carbocycles. The van der Waals surface area contributed by atoms with Gasteiger partial charge in [-0.15, -0.1) is 5.11 Å². The maximum absolute atomic E-state index is 13.0. The van der Waals surface area contributed by atoms with Gasteiger partial charge in [0.1, 0.15) is 5.75 Å². The Kier molecular flexibility index (Phi) is 8.51. The second-order valence-electron chi connectivity index (χ2n) is 8.39. The molecule has 0 unspecified atom stereocenters. The maximum Gasteiger partial charge on any atom is 0.294 e. The number of hydrogen-bond acceptors (Lipinski definition) is 9. The van der Waals surface area contributed by atoms with Gasteiger partial charge in [0, 0.05) is 6.54 Å². The molecule has 2 amide bonds. The Morgan fingerprint density at radius 3 is 2.20 bits per heavy atom. The summed E-state index contributed by atoms with van der Waals surface area (Å²) < 4.78 is 32.9. The molecule has 0 atom stereocenters. The van der Waals surface area contributed by atoms with Crippen LogP contribution >= 0.6 is 0 Å². The molecule has 1 heterocycles. The lowest BCUT2D eigenvalue weighted by Gasteiger charge is -2.07. The highest BCUT2D eigenvalue weighted by Crippen LogP contribution is 2.34. The van der Waals surface area contributed by atoms with E-state index in [-0.39, 0.29) is 34.3 Å². The Morgan fingerprint density at radius 2 is 1.55 bits per heavy atom. The Hall–Kier alpha value is -5.08. The fraction of sp³-hybridized carbons (Fsp3) is 0.115. The monoisotopic (exact) mass is 564 g/mol. The van der Waals surface area contributed by atoms with Crippen molar-refractivity contribution in [3.05, 3.63) is 90.1 Å². The van der Waals surface area contributed by atoms with Gasteiger partial charge in [-0.05, 0) is 60.5 Å². The number of hydrogen-bond donors (Lipinski definition) is 5. The number of rotatable bonds is 10. The van der Waals surface area contributed by atoms with Gasteiger partial charge < -0.3 is 20.8 Å². The van der Waals surface area contributed by atoms with Gasteiger partial charge in [-0.2, -0.15) is 23.3 Å². The number of nitrogens with zero attached hydrogens (tertiary/aromatic N) is 4. The fourth-order valence-corrected chi connectivity index (χ4v) is 3.98. The third-order valence-corrected chi connectivity index (χ3v) is 6.40. The summed E-state index contributed by atoms with van der Waals surface area (Å²) in [6, 6.07) is 19.8. The van der Waals surface area contributed by atoms with E-state index in [4.69, 9.17) is 0 Å². The number of carbonyl (C=O) groups excluding carboxylic acids is 2. The summed E-state index contributed by atoms with van der Waals surface area (Å²) in [5.41, 5.74) is 0.876. The van der Waals surface area contributed by atoms with Crippen molar-refractivity contribution in [1.29, 1.82) is 0 Å². The molecule has 206 valence electrons. The van der Waals surface area contributed by atoms with E-state index in [1.54, 1.807) is 54.6 Å². The van der Waals surface area contributed by atoms with Crippen LogP contribution in [-0.2, 0) is 21.3 Å². The number of aromatic hydroxyl groups is 2. The van der Waals surface area contributed by atoms with E-state index in [1.807, 2.05) is 0 Å². The van der Waals surface area contributed by atoms with Crippen molar-refractivity contribution < 1.29 is 32.8 Å². The summed E-state index contributed by atoms with van der Waals surface area (Å²) in [6.45, 7) is -0.0919. The standard InChI is InChI=1S/C26H24N6O7S/c33-20-10-6-17(7-11-20)14-15-27-22(34)16-28-25(35)23-24(30-29-18-4-2-1-3-5-18)26(36)32(31-23)19-8-12-21(13-9-19)40(37,38)39/h1-13,33,36H,14-16H2,(H,27,34)(H,28,35)(H,37,38,39)/b30-29+. The van der Waals surface area contributed by atoms with Crippen LogP contribution in [-0.4, -0.2) is 57.9 Å². The Morgan fingerprint density at radius 1 is 0.875 bits per heavy atom. The van der Waals surface area contributed by atoms with Crippen LogP contribution in [0.2, 0.25) is 0 Å². The molecule has 0 radical (unpaired) electrons. The number of phenols is 1. The van der Waals surface area contributed by atoms with E-state index in [0.29, 0.717) is 18.7 Å². The molecule has 40 heavy (non-hydrogen) atoms. The number of phenolic OH excluding ortho intramolecular Hbond substituents is 1. The molecule has 0 aliphatic carbocycles. The van der Waals surface area contributed by atoms with Crippen molar-refractivity contribution in [3.63, 3.8) is 0 Å². The summed E-state index contributed by atoms with van der Waals surface area (Å²) in [5.74, 6) is -1.71. The molecule has 13 nitrogen and oxygen atoms in total. The maximum atomic E-state index is 13.0. The number of benzene rings is 3. The van der Waals surface area contributed by atoms with Gasteiger partial charge >= 0.3 is 0 Å². The van der Waals surface area contributed by atoms with Gasteiger partial charge in [-0.3, -0.25) is 14.1 Å². The number of azo groups is 1. The molecule has 0 bridgehead atoms. The SMILES string of the molecule is O=C(CNC(=O)c1nn(-c2ccc(S(=O)(=O)O)cc2)c(O)c1/N=N/c1ccccc1)NCCc1ccc(O)cc1. The highest BCUT2D eigenvalue weighted by molar-refractivity contribution is 7.85. The number of nitrogens with one attached hydrogen (secondary N) is 2. The van der Waals surface area contributed by atoms with E-state index in [0.717, 1.165) is 22.4 Å². The smallest absolute Gasteiger partial charge is 0.294 e. The van der Waals surface area contributed by atoms with Crippen molar-refractivity contribution in [2.45, 2.75) is 11.3 Å². The largest absolute Gasteiger partial charge is 0.508 e. The first-order valence-electron chi connectivity index (χ1n) is 11.8. The minimum absolute atomic E-state index is 0.141. The number of aromatic nitrogens is 2. The van der Waals surface area contributed by atoms with Gasteiger partial charge in [0.15, 0.2) is 11.4 Å². The molecular formula is C26H24N6O7S. The lowest BCUT2D eigenvalue weighted by atomic mass is 10.1. The molecule has 0 spiro atoms. The van der Waals surface area contributed by atoms with E-state index in [2.05, 4.69) is 26.0 Å². The quantitative estimate of drug-likeness (QED) is 0.143. The van der Waals surface area contributed by atoms with Crippen LogP contribution < -0.4 is 10.6 Å². The van der Waals surface area contributed by atoms with Gasteiger partial charge in [0.2, 0.25) is 11.8 Å². The van der Waals surface area contributed by atoms with E-state index in [9.17, 15) is 32.8 Å². The summed E-state index contributed by atoms with van der Waals surface area (Å²) in [6.07, 6.45) is 0.513. The molecule has 14 heteroatoms. The van der Waals surface area contributed by atoms with Crippen LogP contribution in [0.4, 0.5) is 11.4 Å². The van der Waals surface area contributed by atoms with Gasteiger partial charge in [-0.1, -0.05) is 30.3 Å². The second kappa shape index (κ2) is 12.2. The minimum atomic E-state index is -4.45. The average Bonchev–Trinajstić information content (AvgIpc) is 3.27. The molecule has 4 aromatic rings. The Bertz CT molecular complexity index is 1640. The fourth-order valence-electron chi connectivity index (χ4n) is 3.50. The predicted octanol–water partition coefficient (Wildman–Crippen LogP) is 3.03. The Labute approximate surface area is 228 Å². The lowest BCUT2D eigenvalue weighted by molar-refractivity contribution is -0.120. The van der Waals surface area contributed by atoms with Crippen molar-refractivity contribution in [3.8, 4) is 17.3 Å². The molecule has 4 rings (SSSR count). The van der Waals surface area contributed by atoms with Crippen LogP contribution in [0.25, 0.3) is 5.69 Å². The summed E-state index contributed by atoms with van der Waals surface area (Å²) >= 11 is 0. The summed E-state index contributed by atoms with van der Waals surface area (Å²) in [5, 5.41) is 37.4. The molecule has 3 aromatic carbocycles. The second-order valence-corrected chi connectivity index (χ2v) is 9.81. The first kappa shape index (κ1) is 27.9. The third-order valence-electron chi connectivity index (χ3n) is 5.53. The topological polar surface area (TPSA) is 196 Å². The lowest BCUT2D eigenvalue weighted by Crippen LogP contribution is -2.37. The first-order chi connectivity index (χ1) is 19.1. The highest BCUT2D eigenvalue weighted by atomic mass is 32.2. The normalized spacial score (nSPS) is 11.4. The average molecular weight is 565 g/mol. The van der Waals surface area contributed by atoms with Crippen LogP contribution in [0.3, 0.4) is 0 Å². The van der Waals surface area contributed by atoms with Gasteiger partial charge in [0.25, 0.3) is 16.0 Å². The molecular weight excluding hydrogens is 540 g/mol. The molecule has 0 aliphatic heterocycles. The summed E-state index contributed by atoms with van der Waals surface area (Å²) in [4.78, 5) is 24.9. The van der Waals surface area contributed by atoms with Crippen molar-refractivity contribution in [2.75, 3.05) is 13.1 Å². The molecule has 0 saturated heterocycles. The number of carbonyl (C=O) groups is 2. The number of amides is 2. The van der Waals surface area contributed by atoms with E-state index >= 15 is 0 Å². The zero-order chi connectivity index (χ0) is 28.7. The van der Waals surface area contributed by atoms with E-state index in [1.165, 1.54) is 12.1 Å². The van der Waals surface area contributed by atoms with Crippen LogP contribution in [0.1, 0.15) is 16.1 Å². The zero-order valence-electron chi connectivity index (χ0n) is 20.8. The minimum Gasteiger partial charge on any atom is -0.508 e. The van der Waals surface area contributed by atoms with Crippen LogP contribution in [0.15, 0.2) is 94.0 Å².